The summed E-state index contributed by atoms with van der Waals surface area (Å²) < 4.78 is 0. The topological polar surface area (TPSA) is 96.2 Å². The van der Waals surface area contributed by atoms with Gasteiger partial charge >= 0.3 is 6.03 Å². The van der Waals surface area contributed by atoms with Crippen LogP contribution < -0.4 is 21.7 Å². The van der Waals surface area contributed by atoms with E-state index in [4.69, 9.17) is 40.5 Å². The Kier molecular flexibility index (Phi) is 9.49. The van der Waals surface area contributed by atoms with Gasteiger partial charge < -0.3 is 21.7 Å². The Morgan fingerprint density at radius 1 is 0.935 bits per heavy atom. The van der Waals surface area contributed by atoms with Crippen LogP contribution in [-0.2, 0) is 4.79 Å². The molecule has 0 saturated carbocycles. The molecule has 166 valence electrons. The highest BCUT2D eigenvalue weighted by atomic mass is 35.5. The molecule has 0 saturated heterocycles. The molecule has 6 nitrogen and oxygen atoms in total. The third kappa shape index (κ3) is 8.32. The predicted molar refractivity (Wildman–Crippen MR) is 128 cm³/mol. The maximum absolute atomic E-state index is 12.4. The Balaban J connectivity index is 2.03. The molecule has 0 bridgehead atoms. The number of halogens is 3. The van der Waals surface area contributed by atoms with E-state index in [0.29, 0.717) is 51.7 Å². The van der Waals surface area contributed by atoms with E-state index in [2.05, 4.69) is 16.0 Å². The Bertz CT molecular complexity index is 937. The monoisotopic (exact) mass is 482 g/mol. The summed E-state index contributed by atoms with van der Waals surface area (Å²) in [5.41, 5.74) is 8.12. The van der Waals surface area contributed by atoms with Crippen LogP contribution in [-0.4, -0.2) is 24.9 Å². The van der Waals surface area contributed by atoms with Crippen LogP contribution in [0.1, 0.15) is 31.7 Å². The number of carbonyl (C=O) groups is 2. The van der Waals surface area contributed by atoms with Gasteiger partial charge in [0, 0.05) is 52.4 Å². The Morgan fingerprint density at radius 3 is 2.10 bits per heavy atom. The van der Waals surface area contributed by atoms with E-state index < -0.39 is 0 Å². The minimum Gasteiger partial charge on any atom is -0.401 e. The van der Waals surface area contributed by atoms with E-state index in [1.807, 2.05) is 12.1 Å². The lowest BCUT2D eigenvalue weighted by Gasteiger charge is -2.20. The highest BCUT2D eigenvalue weighted by Gasteiger charge is 2.15. The van der Waals surface area contributed by atoms with Crippen LogP contribution in [0.3, 0.4) is 0 Å². The summed E-state index contributed by atoms with van der Waals surface area (Å²) in [6.45, 7) is 4.01. The second-order valence-electron chi connectivity index (χ2n) is 7.07. The van der Waals surface area contributed by atoms with Crippen molar-refractivity contribution in [2.24, 2.45) is 5.73 Å². The van der Waals surface area contributed by atoms with Gasteiger partial charge in [0.1, 0.15) is 0 Å². The van der Waals surface area contributed by atoms with E-state index in [9.17, 15) is 9.59 Å². The summed E-state index contributed by atoms with van der Waals surface area (Å²) in [7, 11) is 0. The zero-order chi connectivity index (χ0) is 23.0. The number of hydrogen-bond acceptors (Lipinski definition) is 4. The smallest absolute Gasteiger partial charge is 0.319 e. The SMILES string of the molecule is CC(=O)C(NCCC(CNC(=O)Nc1cc(Cl)cc(Cl)c1)c1ccc(Cl)cc1)=C(C)N. The van der Waals surface area contributed by atoms with Crippen LogP contribution in [0.25, 0.3) is 0 Å². The van der Waals surface area contributed by atoms with Crippen molar-refractivity contribution in [1.82, 2.24) is 10.6 Å². The van der Waals surface area contributed by atoms with Crippen molar-refractivity contribution in [1.29, 1.82) is 0 Å². The summed E-state index contributed by atoms with van der Waals surface area (Å²) in [4.78, 5) is 24.1. The third-order valence-corrected chi connectivity index (χ3v) is 5.20. The molecule has 2 amide bonds. The average molecular weight is 484 g/mol. The predicted octanol–water partition coefficient (Wildman–Crippen LogP) is 5.31. The first kappa shape index (κ1) is 24.9. The molecule has 0 aliphatic heterocycles. The maximum atomic E-state index is 12.4. The molecule has 5 N–H and O–H groups in total. The largest absolute Gasteiger partial charge is 0.401 e. The average Bonchev–Trinajstić information content (AvgIpc) is 2.66. The molecule has 0 spiro atoms. The van der Waals surface area contributed by atoms with Gasteiger partial charge in [0.05, 0.1) is 5.70 Å². The lowest BCUT2D eigenvalue weighted by atomic mass is 9.95. The number of rotatable bonds is 9. The summed E-state index contributed by atoms with van der Waals surface area (Å²) in [6.07, 6.45) is 0.648. The number of urea groups is 1. The van der Waals surface area contributed by atoms with Crippen LogP contribution in [0.5, 0.6) is 0 Å². The lowest BCUT2D eigenvalue weighted by Crippen LogP contribution is -2.33. The molecule has 9 heteroatoms. The van der Waals surface area contributed by atoms with E-state index in [1.165, 1.54) is 6.92 Å². The van der Waals surface area contributed by atoms with Crippen molar-refractivity contribution in [3.8, 4) is 0 Å². The maximum Gasteiger partial charge on any atom is 0.319 e. The van der Waals surface area contributed by atoms with Crippen molar-refractivity contribution < 1.29 is 9.59 Å². The number of ketones is 1. The fourth-order valence-electron chi connectivity index (χ4n) is 3.05. The van der Waals surface area contributed by atoms with Gasteiger partial charge in [0.2, 0.25) is 0 Å². The Labute approximate surface area is 197 Å². The highest BCUT2D eigenvalue weighted by Crippen LogP contribution is 2.23. The van der Waals surface area contributed by atoms with Crippen LogP contribution in [0.2, 0.25) is 15.1 Å². The van der Waals surface area contributed by atoms with Gasteiger partial charge in [-0.3, -0.25) is 4.79 Å². The molecule has 0 aliphatic rings. The van der Waals surface area contributed by atoms with Crippen LogP contribution >= 0.6 is 34.8 Å². The highest BCUT2D eigenvalue weighted by molar-refractivity contribution is 6.35. The number of Topliss-reactive ketones (excluding diaryl/α,β-unsaturated/α-hetero) is 1. The molecule has 0 aliphatic carbocycles. The van der Waals surface area contributed by atoms with E-state index in [1.54, 1.807) is 37.3 Å². The molecule has 2 aromatic carbocycles. The minimum atomic E-state index is -0.382. The minimum absolute atomic E-state index is 0.0234. The first-order valence-electron chi connectivity index (χ1n) is 9.63. The van der Waals surface area contributed by atoms with Gasteiger partial charge in [-0.2, -0.15) is 0 Å². The Hall–Kier alpha value is -2.41. The third-order valence-electron chi connectivity index (χ3n) is 4.51. The summed E-state index contributed by atoms with van der Waals surface area (Å²) in [6, 6.07) is 11.9. The Morgan fingerprint density at radius 2 is 1.55 bits per heavy atom. The number of amides is 2. The number of hydrogen-bond donors (Lipinski definition) is 4. The molecular weight excluding hydrogens is 459 g/mol. The fraction of sp³-hybridized carbons (Fsp3) is 0.273. The number of allylic oxidation sites excluding steroid dienone is 2. The molecule has 0 radical (unpaired) electrons. The molecule has 2 aromatic rings. The van der Waals surface area contributed by atoms with Gasteiger partial charge in [-0.15, -0.1) is 0 Å². The molecule has 0 heterocycles. The number of benzene rings is 2. The van der Waals surface area contributed by atoms with E-state index in [-0.39, 0.29) is 17.7 Å². The van der Waals surface area contributed by atoms with Crippen LogP contribution in [0, 0.1) is 0 Å². The summed E-state index contributed by atoms with van der Waals surface area (Å²) in [5, 5.41) is 10.2. The molecule has 31 heavy (non-hydrogen) atoms. The molecule has 2 rings (SSSR count). The van der Waals surface area contributed by atoms with Crippen LogP contribution in [0.15, 0.2) is 53.9 Å². The summed E-state index contributed by atoms with van der Waals surface area (Å²) >= 11 is 17.9. The molecule has 0 fully saturated rings. The number of anilines is 1. The first-order valence-corrected chi connectivity index (χ1v) is 10.8. The van der Waals surface area contributed by atoms with E-state index in [0.717, 1.165) is 5.56 Å². The van der Waals surface area contributed by atoms with Gasteiger partial charge in [-0.1, -0.05) is 46.9 Å². The van der Waals surface area contributed by atoms with Gasteiger partial charge in [-0.05, 0) is 49.2 Å². The lowest BCUT2D eigenvalue weighted by molar-refractivity contribution is -0.114. The van der Waals surface area contributed by atoms with Crippen molar-refractivity contribution in [2.75, 3.05) is 18.4 Å². The number of carbonyl (C=O) groups excluding carboxylic acids is 2. The molecule has 1 unspecified atom stereocenters. The normalized spacial score (nSPS) is 12.5. The van der Waals surface area contributed by atoms with Gasteiger partial charge in [0.25, 0.3) is 0 Å². The van der Waals surface area contributed by atoms with Crippen molar-refractivity contribution >= 4 is 52.3 Å². The molecule has 0 aromatic heterocycles. The summed E-state index contributed by atoms with van der Waals surface area (Å²) in [5.74, 6) is -0.148. The van der Waals surface area contributed by atoms with E-state index >= 15 is 0 Å². The zero-order valence-electron chi connectivity index (χ0n) is 17.3. The van der Waals surface area contributed by atoms with Gasteiger partial charge in [0.15, 0.2) is 5.78 Å². The quantitative estimate of drug-likeness (QED) is 0.363. The second kappa shape index (κ2) is 11.8. The van der Waals surface area contributed by atoms with Gasteiger partial charge in [-0.25, -0.2) is 4.79 Å². The first-order chi connectivity index (χ1) is 14.7. The number of nitrogens with two attached hydrogens (primary N) is 1. The van der Waals surface area contributed by atoms with Crippen molar-refractivity contribution in [3.05, 3.63) is 74.5 Å². The number of nitrogens with one attached hydrogen (secondary N) is 3. The molecular formula is C22H25Cl3N4O2. The fourth-order valence-corrected chi connectivity index (χ4v) is 3.70. The second-order valence-corrected chi connectivity index (χ2v) is 8.38. The zero-order valence-corrected chi connectivity index (χ0v) is 19.5. The molecule has 1 atom stereocenters. The van der Waals surface area contributed by atoms with Crippen LogP contribution in [0.4, 0.5) is 10.5 Å². The van der Waals surface area contributed by atoms with Crippen molar-refractivity contribution in [2.45, 2.75) is 26.2 Å². The standard InChI is InChI=1S/C22H25Cl3N4O2/c1-13(26)21(14(2)30)27-8-7-16(15-3-5-17(23)6-4-15)12-28-22(31)29-20-10-18(24)9-19(25)11-20/h3-6,9-11,16,27H,7-8,12,26H2,1-2H3,(H2,28,29,31). The van der Waals surface area contributed by atoms with Crippen molar-refractivity contribution in [3.63, 3.8) is 0 Å².